The second-order valence-electron chi connectivity index (χ2n) is 5.04. The fraction of sp³-hybridized carbons (Fsp3) is 0.467. The lowest BCUT2D eigenvalue weighted by molar-refractivity contribution is 0.579. The average molecular weight is 258 g/mol. The summed E-state index contributed by atoms with van der Waals surface area (Å²) < 4.78 is 1.94. The van der Waals surface area contributed by atoms with Crippen LogP contribution in [0.2, 0.25) is 0 Å². The molecule has 19 heavy (non-hydrogen) atoms. The number of aromatic nitrogens is 3. The minimum Gasteiger partial charge on any atom is -0.309 e. The zero-order valence-electron chi connectivity index (χ0n) is 12.4. The van der Waals surface area contributed by atoms with E-state index in [0.717, 1.165) is 23.6 Å². The van der Waals surface area contributed by atoms with Crippen LogP contribution in [-0.2, 0) is 0 Å². The van der Waals surface area contributed by atoms with E-state index in [-0.39, 0.29) is 6.04 Å². The largest absolute Gasteiger partial charge is 0.309 e. The van der Waals surface area contributed by atoms with E-state index >= 15 is 0 Å². The first kappa shape index (κ1) is 13.7. The van der Waals surface area contributed by atoms with E-state index in [1.165, 1.54) is 11.1 Å². The molecule has 0 radical (unpaired) electrons. The first-order valence-electron chi connectivity index (χ1n) is 6.77. The molecular formula is C15H22N4. The summed E-state index contributed by atoms with van der Waals surface area (Å²) in [5.41, 5.74) is 5.67. The SMILES string of the molecule is CCNC(C)c1nnn(-c2cc(C)ccc2C)c1C. The third kappa shape index (κ3) is 2.68. The zero-order chi connectivity index (χ0) is 14.0. The molecule has 4 nitrogen and oxygen atoms in total. The van der Waals surface area contributed by atoms with Crippen LogP contribution in [0.15, 0.2) is 18.2 Å². The summed E-state index contributed by atoms with van der Waals surface area (Å²) in [5.74, 6) is 0. The van der Waals surface area contributed by atoms with Crippen LogP contribution in [0.25, 0.3) is 5.69 Å². The van der Waals surface area contributed by atoms with Gasteiger partial charge in [-0.05, 0) is 51.4 Å². The van der Waals surface area contributed by atoms with Gasteiger partial charge in [0.05, 0.1) is 17.4 Å². The highest BCUT2D eigenvalue weighted by Gasteiger charge is 2.16. The van der Waals surface area contributed by atoms with Crippen molar-refractivity contribution in [1.29, 1.82) is 0 Å². The summed E-state index contributed by atoms with van der Waals surface area (Å²) >= 11 is 0. The van der Waals surface area contributed by atoms with E-state index in [1.54, 1.807) is 0 Å². The fourth-order valence-corrected chi connectivity index (χ4v) is 2.32. The maximum Gasteiger partial charge on any atom is 0.103 e. The van der Waals surface area contributed by atoms with Gasteiger partial charge in [0, 0.05) is 0 Å². The minimum atomic E-state index is 0.226. The summed E-state index contributed by atoms with van der Waals surface area (Å²) in [6, 6.07) is 6.62. The van der Waals surface area contributed by atoms with Crippen LogP contribution in [0, 0.1) is 20.8 Å². The second kappa shape index (κ2) is 5.53. The predicted octanol–water partition coefficient (Wildman–Crippen LogP) is 2.86. The van der Waals surface area contributed by atoms with Crippen LogP contribution in [-0.4, -0.2) is 21.5 Å². The summed E-state index contributed by atoms with van der Waals surface area (Å²) in [7, 11) is 0. The van der Waals surface area contributed by atoms with Gasteiger partial charge in [0.1, 0.15) is 5.69 Å². The monoisotopic (exact) mass is 258 g/mol. The number of nitrogens with zero attached hydrogens (tertiary/aromatic N) is 3. The van der Waals surface area contributed by atoms with Crippen molar-refractivity contribution >= 4 is 0 Å². The van der Waals surface area contributed by atoms with Crippen molar-refractivity contribution in [2.45, 2.75) is 40.7 Å². The molecule has 1 heterocycles. The molecule has 2 rings (SSSR count). The van der Waals surface area contributed by atoms with Crippen molar-refractivity contribution in [3.05, 3.63) is 40.7 Å². The molecule has 102 valence electrons. The van der Waals surface area contributed by atoms with Crippen molar-refractivity contribution in [3.8, 4) is 5.69 Å². The lowest BCUT2D eigenvalue weighted by Crippen LogP contribution is -2.19. The topological polar surface area (TPSA) is 42.7 Å². The van der Waals surface area contributed by atoms with Gasteiger partial charge < -0.3 is 5.32 Å². The Morgan fingerprint density at radius 3 is 2.68 bits per heavy atom. The normalized spacial score (nSPS) is 12.7. The minimum absolute atomic E-state index is 0.226. The number of hydrogen-bond donors (Lipinski definition) is 1. The van der Waals surface area contributed by atoms with Crippen LogP contribution in [0.5, 0.6) is 0 Å². The lowest BCUT2D eigenvalue weighted by Gasteiger charge is -2.11. The Morgan fingerprint density at radius 1 is 1.26 bits per heavy atom. The van der Waals surface area contributed by atoms with E-state index in [2.05, 4.69) is 68.4 Å². The number of hydrogen-bond acceptors (Lipinski definition) is 3. The Labute approximate surface area is 114 Å². The van der Waals surface area contributed by atoms with Gasteiger partial charge in [-0.15, -0.1) is 5.10 Å². The Balaban J connectivity index is 2.44. The Hall–Kier alpha value is -1.68. The highest BCUT2D eigenvalue weighted by Crippen LogP contribution is 2.20. The first-order valence-corrected chi connectivity index (χ1v) is 6.77. The van der Waals surface area contributed by atoms with Crippen molar-refractivity contribution in [2.75, 3.05) is 6.54 Å². The van der Waals surface area contributed by atoms with E-state index in [9.17, 15) is 0 Å². The fourth-order valence-electron chi connectivity index (χ4n) is 2.32. The summed E-state index contributed by atoms with van der Waals surface area (Å²) in [6.45, 7) is 11.4. The number of aryl methyl sites for hydroxylation is 2. The van der Waals surface area contributed by atoms with Crippen LogP contribution < -0.4 is 5.32 Å². The smallest absolute Gasteiger partial charge is 0.103 e. The molecular weight excluding hydrogens is 236 g/mol. The molecule has 2 aromatic rings. The molecule has 0 aliphatic rings. The standard InChI is InChI=1S/C15H22N4/c1-6-16-12(4)15-13(5)19(18-17-15)14-9-10(2)7-8-11(14)3/h7-9,12,16H,6H2,1-5H3. The van der Waals surface area contributed by atoms with Crippen molar-refractivity contribution in [1.82, 2.24) is 20.3 Å². The molecule has 0 aliphatic heterocycles. The molecule has 0 saturated heterocycles. The molecule has 0 aliphatic carbocycles. The van der Waals surface area contributed by atoms with Crippen LogP contribution in [0.4, 0.5) is 0 Å². The Morgan fingerprint density at radius 2 is 2.00 bits per heavy atom. The zero-order valence-corrected chi connectivity index (χ0v) is 12.4. The maximum absolute atomic E-state index is 4.33. The van der Waals surface area contributed by atoms with Gasteiger partial charge >= 0.3 is 0 Å². The molecule has 1 atom stereocenters. The predicted molar refractivity (Wildman–Crippen MR) is 77.7 cm³/mol. The van der Waals surface area contributed by atoms with E-state index < -0.39 is 0 Å². The summed E-state index contributed by atoms with van der Waals surface area (Å²) in [5, 5.41) is 12.0. The molecule has 1 aromatic carbocycles. The summed E-state index contributed by atoms with van der Waals surface area (Å²) in [6.07, 6.45) is 0. The third-order valence-corrected chi connectivity index (χ3v) is 3.44. The van der Waals surface area contributed by atoms with Crippen molar-refractivity contribution < 1.29 is 0 Å². The molecule has 4 heteroatoms. The lowest BCUT2D eigenvalue weighted by atomic mass is 10.1. The van der Waals surface area contributed by atoms with Crippen LogP contribution in [0.3, 0.4) is 0 Å². The van der Waals surface area contributed by atoms with Gasteiger partial charge in [0.15, 0.2) is 0 Å². The number of benzene rings is 1. The van der Waals surface area contributed by atoms with Crippen molar-refractivity contribution in [3.63, 3.8) is 0 Å². The second-order valence-corrected chi connectivity index (χ2v) is 5.04. The number of nitrogens with one attached hydrogen (secondary N) is 1. The summed E-state index contributed by atoms with van der Waals surface area (Å²) in [4.78, 5) is 0. The number of rotatable bonds is 4. The van der Waals surface area contributed by atoms with Gasteiger partial charge in [0.2, 0.25) is 0 Å². The van der Waals surface area contributed by atoms with Crippen LogP contribution in [0.1, 0.15) is 42.4 Å². The first-order chi connectivity index (χ1) is 9.04. The highest BCUT2D eigenvalue weighted by atomic mass is 15.4. The molecule has 0 fully saturated rings. The quantitative estimate of drug-likeness (QED) is 0.917. The van der Waals surface area contributed by atoms with Crippen LogP contribution >= 0.6 is 0 Å². The average Bonchev–Trinajstić information content (AvgIpc) is 2.74. The van der Waals surface area contributed by atoms with E-state index in [0.29, 0.717) is 0 Å². The van der Waals surface area contributed by atoms with Crippen molar-refractivity contribution in [2.24, 2.45) is 0 Å². The van der Waals surface area contributed by atoms with Gasteiger partial charge in [-0.3, -0.25) is 0 Å². The van der Waals surface area contributed by atoms with Gasteiger partial charge in [-0.1, -0.05) is 24.3 Å². The van der Waals surface area contributed by atoms with E-state index in [1.807, 2.05) is 4.68 Å². The molecule has 0 bridgehead atoms. The molecule has 1 N–H and O–H groups in total. The third-order valence-electron chi connectivity index (χ3n) is 3.44. The van der Waals surface area contributed by atoms with Gasteiger partial charge in [0.25, 0.3) is 0 Å². The maximum atomic E-state index is 4.33. The highest BCUT2D eigenvalue weighted by molar-refractivity contribution is 5.43. The molecule has 0 saturated carbocycles. The molecule has 1 aromatic heterocycles. The molecule has 0 amide bonds. The van der Waals surface area contributed by atoms with Gasteiger partial charge in [-0.2, -0.15) is 0 Å². The molecule has 1 unspecified atom stereocenters. The van der Waals surface area contributed by atoms with E-state index in [4.69, 9.17) is 0 Å². The Bertz CT molecular complexity index is 572. The Kier molecular flexibility index (Phi) is 4.00. The van der Waals surface area contributed by atoms with Gasteiger partial charge in [-0.25, -0.2) is 4.68 Å². The molecule has 0 spiro atoms.